The number of aliphatic hydroxyl groups is 1. The summed E-state index contributed by atoms with van der Waals surface area (Å²) < 4.78 is 11.4. The molecule has 2 amide bonds. The zero-order valence-electron chi connectivity index (χ0n) is 28.1. The van der Waals surface area contributed by atoms with Crippen molar-refractivity contribution in [2.24, 2.45) is 11.8 Å². The highest BCUT2D eigenvalue weighted by molar-refractivity contribution is 5.84. The molecule has 3 atom stereocenters. The van der Waals surface area contributed by atoms with Crippen LogP contribution in [0.3, 0.4) is 0 Å². The predicted octanol–water partition coefficient (Wildman–Crippen LogP) is 5.54. The number of β-amino-alcohol motifs (C(OH)–C–C–N with tert-alkyl or cyclic N) is 1. The number of benzene rings is 2. The van der Waals surface area contributed by atoms with Crippen LogP contribution in [0.25, 0.3) is 11.1 Å². The number of nitrogens with one attached hydrogen (secondary N) is 1. The largest absolute Gasteiger partial charge is 0.475 e. The third kappa shape index (κ3) is 9.66. The number of piperidine rings is 1. The van der Waals surface area contributed by atoms with Crippen molar-refractivity contribution in [3.8, 4) is 23.1 Å². The quantitative estimate of drug-likeness (QED) is 0.246. The van der Waals surface area contributed by atoms with Crippen molar-refractivity contribution in [2.45, 2.75) is 71.4 Å². The van der Waals surface area contributed by atoms with Crippen molar-refractivity contribution < 1.29 is 24.0 Å². The summed E-state index contributed by atoms with van der Waals surface area (Å²) in [5.74, 6) is 1.53. The molecule has 0 spiro atoms. The Balaban J connectivity index is 0.000000229. The molecule has 2 aromatic carbocycles. The van der Waals surface area contributed by atoms with Gasteiger partial charge in [0, 0.05) is 25.2 Å². The lowest BCUT2D eigenvalue weighted by Crippen LogP contribution is -2.38. The number of hydrogen-bond donors (Lipinski definition) is 2. The Morgan fingerprint density at radius 3 is 2.47 bits per heavy atom. The Morgan fingerprint density at radius 2 is 1.85 bits per heavy atom. The van der Waals surface area contributed by atoms with Gasteiger partial charge in [-0.05, 0) is 92.4 Å². The molecule has 0 radical (unpaired) electrons. The van der Waals surface area contributed by atoms with Crippen LogP contribution in [0.5, 0.6) is 5.88 Å². The first-order valence-corrected chi connectivity index (χ1v) is 16.8. The number of nitrogens with zero attached hydrogens (tertiary/aromatic N) is 4. The van der Waals surface area contributed by atoms with Crippen molar-refractivity contribution in [2.75, 3.05) is 39.4 Å². The smallest absolute Gasteiger partial charge is 0.254 e. The summed E-state index contributed by atoms with van der Waals surface area (Å²) in [4.78, 5) is 27.7. The first kappa shape index (κ1) is 35.7. The number of likely N-dealkylation sites (tertiary alicyclic amines) is 2. The highest BCUT2D eigenvalue weighted by atomic mass is 16.5. The van der Waals surface area contributed by atoms with Gasteiger partial charge in [0.05, 0.1) is 30.9 Å². The number of rotatable bonds is 12. The Labute approximate surface area is 278 Å². The average molecular weight is 644 g/mol. The molecule has 0 aliphatic carbocycles. The van der Waals surface area contributed by atoms with E-state index >= 15 is 0 Å². The molecule has 2 saturated heterocycles. The minimum atomic E-state index is -0.313. The molecule has 5 rings (SSSR count). The van der Waals surface area contributed by atoms with Crippen molar-refractivity contribution >= 4 is 12.3 Å². The number of hydrogen-bond acceptors (Lipinski definition) is 8. The van der Waals surface area contributed by atoms with Crippen LogP contribution in [0, 0.1) is 23.2 Å². The Hall–Kier alpha value is -4.20. The van der Waals surface area contributed by atoms with Gasteiger partial charge in [0.1, 0.15) is 5.92 Å². The number of ether oxygens (including phenoxy) is 1. The SMILES string of the molecule is CC(C)C(C(=O)N1CCCC1C)c1cc(OCC2CCN(CCO)CC2)no1.CC(NC=O)c1ccc(-c2ccccc2C#N)cc1. The van der Waals surface area contributed by atoms with Crippen LogP contribution in [0.2, 0.25) is 0 Å². The van der Waals surface area contributed by atoms with Gasteiger partial charge in [-0.2, -0.15) is 5.26 Å². The van der Waals surface area contributed by atoms with Crippen LogP contribution in [-0.2, 0) is 9.59 Å². The third-order valence-electron chi connectivity index (χ3n) is 9.26. The van der Waals surface area contributed by atoms with Crippen LogP contribution in [0.1, 0.15) is 82.2 Å². The second-order valence-corrected chi connectivity index (χ2v) is 12.9. The molecule has 2 aliphatic rings. The molecule has 3 unspecified atom stereocenters. The van der Waals surface area contributed by atoms with Crippen LogP contribution < -0.4 is 10.1 Å². The van der Waals surface area contributed by atoms with Gasteiger partial charge in [-0.1, -0.05) is 56.3 Å². The van der Waals surface area contributed by atoms with Gasteiger partial charge in [-0.25, -0.2) is 0 Å². The summed E-state index contributed by atoms with van der Waals surface area (Å²) in [6.07, 6.45) is 4.96. The van der Waals surface area contributed by atoms with Crippen LogP contribution >= 0.6 is 0 Å². The van der Waals surface area contributed by atoms with Crippen molar-refractivity contribution in [1.82, 2.24) is 20.3 Å². The second kappa shape index (κ2) is 17.6. The van der Waals surface area contributed by atoms with E-state index in [4.69, 9.17) is 19.6 Å². The maximum absolute atomic E-state index is 13.1. The summed E-state index contributed by atoms with van der Waals surface area (Å²) in [7, 11) is 0. The zero-order valence-corrected chi connectivity index (χ0v) is 28.1. The van der Waals surface area contributed by atoms with E-state index in [1.54, 1.807) is 12.1 Å². The Morgan fingerprint density at radius 1 is 1.13 bits per heavy atom. The van der Waals surface area contributed by atoms with E-state index < -0.39 is 0 Å². The van der Waals surface area contributed by atoms with Crippen LogP contribution in [0.15, 0.2) is 59.1 Å². The summed E-state index contributed by atoms with van der Waals surface area (Å²) in [5.41, 5.74) is 3.62. The number of aromatic nitrogens is 1. The van der Waals surface area contributed by atoms with Crippen molar-refractivity contribution in [1.29, 1.82) is 5.26 Å². The van der Waals surface area contributed by atoms with Crippen LogP contribution in [0.4, 0.5) is 0 Å². The predicted molar refractivity (Wildman–Crippen MR) is 180 cm³/mol. The van der Waals surface area contributed by atoms with Crippen LogP contribution in [-0.4, -0.2) is 77.8 Å². The first-order valence-electron chi connectivity index (χ1n) is 16.8. The molecular formula is C37H49N5O5. The molecule has 10 nitrogen and oxygen atoms in total. The molecule has 1 aromatic heterocycles. The minimum Gasteiger partial charge on any atom is -0.475 e. The fraction of sp³-hybridized carbons (Fsp3) is 0.514. The normalized spacial score (nSPS) is 18.1. The number of aliphatic hydroxyl groups excluding tert-OH is 1. The fourth-order valence-corrected chi connectivity index (χ4v) is 6.36. The maximum atomic E-state index is 13.1. The number of carbonyl (C=O) groups excluding carboxylic acids is 2. The highest BCUT2D eigenvalue weighted by Crippen LogP contribution is 2.32. The van der Waals surface area contributed by atoms with Gasteiger partial charge in [-0.3, -0.25) is 9.59 Å². The summed E-state index contributed by atoms with van der Waals surface area (Å²) in [6.45, 7) is 12.5. The summed E-state index contributed by atoms with van der Waals surface area (Å²) in [6, 6.07) is 19.6. The fourth-order valence-electron chi connectivity index (χ4n) is 6.36. The lowest BCUT2D eigenvalue weighted by atomic mass is 9.91. The van der Waals surface area contributed by atoms with Gasteiger partial charge >= 0.3 is 0 Å². The molecule has 2 fully saturated rings. The molecule has 3 heterocycles. The van der Waals surface area contributed by atoms with Crippen molar-refractivity contribution in [3.05, 3.63) is 71.5 Å². The average Bonchev–Trinajstić information content (AvgIpc) is 3.74. The molecule has 3 aromatic rings. The van der Waals surface area contributed by atoms with E-state index in [1.165, 1.54) is 0 Å². The van der Waals surface area contributed by atoms with Gasteiger partial charge in [-0.15, -0.1) is 0 Å². The van der Waals surface area contributed by atoms with E-state index in [0.29, 0.717) is 42.2 Å². The van der Waals surface area contributed by atoms with Gasteiger partial charge in [0.25, 0.3) is 5.88 Å². The van der Waals surface area contributed by atoms with E-state index in [0.717, 1.165) is 68.6 Å². The van der Waals surface area contributed by atoms with Crippen molar-refractivity contribution in [3.63, 3.8) is 0 Å². The van der Waals surface area contributed by atoms with E-state index in [9.17, 15) is 9.59 Å². The molecular weight excluding hydrogens is 594 g/mol. The molecule has 47 heavy (non-hydrogen) atoms. The molecule has 2 aliphatic heterocycles. The van der Waals surface area contributed by atoms with Gasteiger partial charge in [0.15, 0.2) is 5.76 Å². The topological polar surface area (TPSA) is 132 Å². The Bertz CT molecular complexity index is 1460. The molecule has 10 heteroatoms. The zero-order chi connectivity index (χ0) is 33.8. The monoisotopic (exact) mass is 643 g/mol. The molecule has 252 valence electrons. The maximum Gasteiger partial charge on any atom is 0.254 e. The molecule has 0 saturated carbocycles. The molecule has 2 N–H and O–H groups in total. The highest BCUT2D eigenvalue weighted by Gasteiger charge is 2.36. The lowest BCUT2D eigenvalue weighted by Gasteiger charge is -2.30. The number of carbonyl (C=O) groups is 2. The number of amides is 2. The van der Waals surface area contributed by atoms with Gasteiger partial charge in [0.2, 0.25) is 12.3 Å². The standard InChI is InChI=1S/C21H35N3O4.C16H14N2O/c1-15(2)20(21(26)24-8-4-5-16(24)3)18-13-19(22-28-18)27-14-17-6-9-23(10-7-17)11-12-25;1-12(18-11-19)13-6-8-14(9-7-13)16-5-3-2-4-15(16)10-17/h13,15-17,20,25H,4-12,14H2,1-3H3;2-9,11-12H,1H3,(H,18,19). The number of nitriles is 1. The Kier molecular flexibility index (Phi) is 13.4. The molecule has 0 bridgehead atoms. The van der Waals surface area contributed by atoms with E-state index in [2.05, 4.69) is 28.4 Å². The minimum absolute atomic E-state index is 0.0160. The third-order valence-corrected chi connectivity index (χ3v) is 9.26. The second-order valence-electron chi connectivity index (χ2n) is 12.9. The van der Waals surface area contributed by atoms with E-state index in [1.807, 2.05) is 68.1 Å². The summed E-state index contributed by atoms with van der Waals surface area (Å²) in [5, 5.41) is 24.9. The first-order chi connectivity index (χ1) is 22.7. The van der Waals surface area contributed by atoms with Gasteiger partial charge < -0.3 is 29.5 Å². The van der Waals surface area contributed by atoms with E-state index in [-0.39, 0.29) is 30.4 Å². The lowest BCUT2D eigenvalue weighted by molar-refractivity contribution is -0.134. The summed E-state index contributed by atoms with van der Waals surface area (Å²) >= 11 is 0.